The Bertz CT molecular complexity index is 1930. The van der Waals surface area contributed by atoms with E-state index < -0.39 is 0 Å². The van der Waals surface area contributed by atoms with Crippen molar-refractivity contribution in [2.24, 2.45) is 0 Å². The first-order valence-electron chi connectivity index (χ1n) is 12.3. The summed E-state index contributed by atoms with van der Waals surface area (Å²) < 4.78 is 16.4. The molecule has 0 amide bonds. The number of nitrogen functional groups attached to an aromatic ring is 1. The summed E-state index contributed by atoms with van der Waals surface area (Å²) >= 11 is 11.9. The molecule has 0 aliphatic carbocycles. The van der Waals surface area contributed by atoms with Crippen LogP contribution in [0.25, 0.3) is 58.0 Å². The Balaban J connectivity index is 1.57. The van der Waals surface area contributed by atoms with Gasteiger partial charge in [-0.25, -0.2) is 0 Å². The third-order valence-corrected chi connectivity index (χ3v) is 15.8. The lowest BCUT2D eigenvalue weighted by molar-refractivity contribution is 0.816. The standard InChI is InChI=1S/C27H28N2S6/c1-8-12-13(9(2)3)18-24(30-12)26-22(32-18)15-20(34-26)21-16(29(15)28)23-27(35-21)25-19(33-23)14(10(4)5)17(31-25)11(6)7/h9-11H,8,28H2,1-7H3. The van der Waals surface area contributed by atoms with Crippen molar-refractivity contribution < 1.29 is 0 Å². The zero-order valence-electron chi connectivity index (χ0n) is 20.9. The number of nitrogens with zero attached hydrogens (tertiary/aromatic N) is 1. The van der Waals surface area contributed by atoms with Crippen molar-refractivity contribution in [2.75, 3.05) is 5.84 Å². The Morgan fingerprint density at radius 2 is 0.971 bits per heavy atom. The minimum atomic E-state index is 0.541. The predicted molar refractivity (Wildman–Crippen MR) is 169 cm³/mol. The number of nitrogens with two attached hydrogens (primary N) is 1. The molecule has 2 nitrogen and oxygen atoms in total. The Morgan fingerprint density at radius 1 is 0.543 bits per heavy atom. The van der Waals surface area contributed by atoms with E-state index in [4.69, 9.17) is 5.84 Å². The molecule has 182 valence electrons. The van der Waals surface area contributed by atoms with Crippen molar-refractivity contribution in [3.8, 4) is 0 Å². The quantitative estimate of drug-likeness (QED) is 0.209. The van der Waals surface area contributed by atoms with Crippen LogP contribution in [0.1, 0.15) is 87.1 Å². The van der Waals surface area contributed by atoms with Crippen LogP contribution in [-0.2, 0) is 6.42 Å². The predicted octanol–water partition coefficient (Wildman–Crippen LogP) is 11.4. The zero-order valence-corrected chi connectivity index (χ0v) is 25.8. The van der Waals surface area contributed by atoms with Gasteiger partial charge in [0.25, 0.3) is 0 Å². The maximum atomic E-state index is 6.96. The van der Waals surface area contributed by atoms with Crippen molar-refractivity contribution in [2.45, 2.75) is 72.6 Å². The van der Waals surface area contributed by atoms with Crippen LogP contribution < -0.4 is 5.84 Å². The van der Waals surface area contributed by atoms with E-state index in [9.17, 15) is 0 Å². The Labute approximate surface area is 228 Å². The van der Waals surface area contributed by atoms with Crippen LogP contribution in [0.3, 0.4) is 0 Å². The third kappa shape index (κ3) is 2.84. The molecule has 0 atom stereocenters. The highest BCUT2D eigenvalue weighted by atomic mass is 32.1. The lowest BCUT2D eigenvalue weighted by atomic mass is 9.99. The Hall–Kier alpha value is -1.16. The van der Waals surface area contributed by atoms with Gasteiger partial charge < -0.3 is 5.84 Å². The summed E-state index contributed by atoms with van der Waals surface area (Å²) in [5, 5.41) is 0. The molecule has 0 spiro atoms. The molecule has 0 radical (unpaired) electrons. The molecule has 8 heteroatoms. The minimum absolute atomic E-state index is 0.541. The second kappa shape index (κ2) is 7.68. The van der Waals surface area contributed by atoms with Gasteiger partial charge in [0, 0.05) is 9.75 Å². The Kier molecular flexibility index (Phi) is 5.05. The molecule has 0 bridgehead atoms. The highest BCUT2D eigenvalue weighted by Gasteiger charge is 2.28. The van der Waals surface area contributed by atoms with Gasteiger partial charge in [0.05, 0.1) is 58.0 Å². The molecule has 35 heavy (non-hydrogen) atoms. The zero-order chi connectivity index (χ0) is 24.5. The average molecular weight is 573 g/mol. The molecule has 2 N–H and O–H groups in total. The molecule has 0 unspecified atom stereocenters. The van der Waals surface area contributed by atoms with Crippen LogP contribution in [-0.4, -0.2) is 4.68 Å². The van der Waals surface area contributed by atoms with Crippen molar-refractivity contribution in [3.63, 3.8) is 0 Å². The van der Waals surface area contributed by atoms with Gasteiger partial charge >= 0.3 is 0 Å². The van der Waals surface area contributed by atoms with E-state index in [1.54, 1.807) is 20.9 Å². The van der Waals surface area contributed by atoms with Crippen LogP contribution in [0.15, 0.2) is 0 Å². The van der Waals surface area contributed by atoms with E-state index in [1.165, 1.54) is 58.0 Å². The lowest BCUT2D eigenvalue weighted by Gasteiger charge is -2.09. The van der Waals surface area contributed by atoms with E-state index in [0.29, 0.717) is 17.8 Å². The summed E-state index contributed by atoms with van der Waals surface area (Å²) in [6, 6.07) is 0. The van der Waals surface area contributed by atoms with Crippen LogP contribution in [0.2, 0.25) is 0 Å². The number of fused-ring (bicyclic) bond motifs is 11. The lowest BCUT2D eigenvalue weighted by Crippen LogP contribution is -2.05. The number of rotatable bonds is 4. The molecule has 0 saturated carbocycles. The highest BCUT2D eigenvalue weighted by Crippen LogP contribution is 2.57. The number of aromatic nitrogens is 1. The molecule has 0 aliphatic rings. The maximum Gasteiger partial charge on any atom is 0.0999 e. The van der Waals surface area contributed by atoms with E-state index in [0.717, 1.165) is 6.42 Å². The first-order chi connectivity index (χ1) is 16.7. The molecular formula is C27H28N2S6. The molecule has 0 saturated heterocycles. The second-order valence-corrected chi connectivity index (χ2v) is 16.6. The van der Waals surface area contributed by atoms with E-state index >= 15 is 0 Å². The van der Waals surface area contributed by atoms with Gasteiger partial charge in [0.1, 0.15) is 0 Å². The van der Waals surface area contributed by atoms with Gasteiger partial charge in [-0.1, -0.05) is 48.5 Å². The summed E-state index contributed by atoms with van der Waals surface area (Å²) in [6.45, 7) is 16.3. The van der Waals surface area contributed by atoms with Gasteiger partial charge in [-0.15, -0.1) is 68.0 Å². The second-order valence-electron chi connectivity index (χ2n) is 10.4. The third-order valence-electron chi connectivity index (χ3n) is 7.09. The fourth-order valence-corrected chi connectivity index (χ4v) is 15.3. The first kappa shape index (κ1) is 23.0. The van der Waals surface area contributed by atoms with Crippen molar-refractivity contribution in [1.82, 2.24) is 4.68 Å². The smallest absolute Gasteiger partial charge is 0.0999 e. The van der Waals surface area contributed by atoms with Crippen LogP contribution in [0.5, 0.6) is 0 Å². The van der Waals surface area contributed by atoms with E-state index in [2.05, 4.69) is 48.5 Å². The molecular weight excluding hydrogens is 545 g/mol. The summed E-state index contributed by atoms with van der Waals surface area (Å²) in [5.74, 6) is 8.62. The molecule has 7 heterocycles. The van der Waals surface area contributed by atoms with Crippen molar-refractivity contribution >= 4 is 126 Å². The van der Waals surface area contributed by atoms with Crippen molar-refractivity contribution in [1.29, 1.82) is 0 Å². The largest absolute Gasteiger partial charge is 0.338 e. The Morgan fingerprint density at radius 3 is 1.46 bits per heavy atom. The number of thiophene rings is 6. The molecule has 0 aromatic carbocycles. The fourth-order valence-electron chi connectivity index (χ4n) is 5.61. The topological polar surface area (TPSA) is 30.9 Å². The average Bonchev–Trinajstić information content (AvgIpc) is 3.58. The van der Waals surface area contributed by atoms with Crippen LogP contribution in [0.4, 0.5) is 0 Å². The first-order valence-corrected chi connectivity index (χ1v) is 17.2. The normalized spacial score (nSPS) is 13.4. The molecule has 7 rings (SSSR count). The summed E-state index contributed by atoms with van der Waals surface area (Å²) in [7, 11) is 0. The molecule has 7 aromatic heterocycles. The van der Waals surface area contributed by atoms with Crippen molar-refractivity contribution in [3.05, 3.63) is 20.9 Å². The molecule has 0 fully saturated rings. The number of aryl methyl sites for hydroxylation is 1. The monoisotopic (exact) mass is 572 g/mol. The summed E-state index contributed by atoms with van der Waals surface area (Å²) in [5.41, 5.74) is 5.62. The molecule has 0 aliphatic heterocycles. The van der Waals surface area contributed by atoms with Gasteiger partial charge in [-0.2, -0.15) is 0 Å². The van der Waals surface area contributed by atoms with Gasteiger partial charge in [0.2, 0.25) is 0 Å². The van der Waals surface area contributed by atoms with Gasteiger partial charge in [-0.3, -0.25) is 4.68 Å². The number of hydrogen-bond donors (Lipinski definition) is 1. The number of hydrogen-bond acceptors (Lipinski definition) is 7. The van der Waals surface area contributed by atoms with E-state index in [-0.39, 0.29) is 0 Å². The minimum Gasteiger partial charge on any atom is -0.338 e. The van der Waals surface area contributed by atoms with Crippen LogP contribution >= 0.6 is 68.0 Å². The van der Waals surface area contributed by atoms with Gasteiger partial charge in [-0.05, 0) is 35.3 Å². The van der Waals surface area contributed by atoms with Crippen LogP contribution in [0, 0.1) is 0 Å². The summed E-state index contributed by atoms with van der Waals surface area (Å²) in [6.07, 6.45) is 1.12. The summed E-state index contributed by atoms with van der Waals surface area (Å²) in [4.78, 5) is 3.12. The molecule has 7 aromatic rings. The van der Waals surface area contributed by atoms with Gasteiger partial charge in [0.15, 0.2) is 0 Å². The fraction of sp³-hybridized carbons (Fsp3) is 0.407. The SMILES string of the molecule is CCc1sc2c(sc3c2sc2c4sc5c6sc(C(C)C)c(C(C)C)c6sc5c4n(N)c32)c1C(C)C. The highest BCUT2D eigenvalue weighted by molar-refractivity contribution is 7.45. The maximum absolute atomic E-state index is 6.96. The van der Waals surface area contributed by atoms with E-state index in [1.807, 2.05) is 72.7 Å².